The predicted octanol–water partition coefficient (Wildman–Crippen LogP) is 2.33. The number of nitrogens with one attached hydrogen (secondary N) is 2. The fourth-order valence-corrected chi connectivity index (χ4v) is 1.69. The number of nitrogens with zero attached hydrogens (tertiary/aromatic N) is 2. The summed E-state index contributed by atoms with van der Waals surface area (Å²) in [7, 11) is 3.34. The van der Waals surface area contributed by atoms with E-state index < -0.39 is 6.03 Å². The number of carbonyl (C=O) groups excluding carboxylic acids is 2. The van der Waals surface area contributed by atoms with E-state index in [1.54, 1.807) is 51.4 Å². The summed E-state index contributed by atoms with van der Waals surface area (Å²) >= 11 is 0. The smallest absolute Gasteiger partial charge is 0.324 e. The summed E-state index contributed by atoms with van der Waals surface area (Å²) < 4.78 is 4.85. The van der Waals surface area contributed by atoms with Crippen LogP contribution < -0.4 is 10.6 Å². The van der Waals surface area contributed by atoms with Gasteiger partial charge in [-0.15, -0.1) is 0 Å². The van der Waals surface area contributed by atoms with E-state index in [0.29, 0.717) is 22.8 Å². The second kappa shape index (κ2) is 6.08. The van der Waals surface area contributed by atoms with Crippen LogP contribution >= 0.6 is 0 Å². The first-order valence-electron chi connectivity index (χ1n) is 6.29. The first-order chi connectivity index (χ1) is 9.95. The number of hydrogen-bond donors (Lipinski definition) is 2. The van der Waals surface area contributed by atoms with E-state index in [1.807, 2.05) is 0 Å². The van der Waals surface area contributed by atoms with Crippen molar-refractivity contribution in [2.24, 2.45) is 0 Å². The molecule has 1 heterocycles. The molecule has 1 aromatic heterocycles. The first-order valence-corrected chi connectivity index (χ1v) is 6.29. The zero-order chi connectivity index (χ0) is 15.4. The van der Waals surface area contributed by atoms with E-state index in [1.165, 1.54) is 4.90 Å². The van der Waals surface area contributed by atoms with Crippen molar-refractivity contribution in [2.45, 2.75) is 6.92 Å². The van der Waals surface area contributed by atoms with Crippen molar-refractivity contribution < 1.29 is 14.1 Å². The molecule has 2 aromatic rings. The molecule has 1 aromatic carbocycles. The maximum atomic E-state index is 11.9. The normalized spacial score (nSPS) is 10.0. The summed E-state index contributed by atoms with van der Waals surface area (Å²) in [5.74, 6) is 0.792. The Labute approximate surface area is 121 Å². The summed E-state index contributed by atoms with van der Waals surface area (Å²) in [5.41, 5.74) is 1.01. The standard InChI is InChI=1S/C14H16N4O3/c1-9-7-12(17-21-9)16-14(20)15-11-6-4-5-10(8-11)13(19)18(2)3/h4-8H,1-3H3,(H2,15,16,17,20). The highest BCUT2D eigenvalue weighted by Crippen LogP contribution is 2.13. The SMILES string of the molecule is Cc1cc(NC(=O)Nc2cccc(C(=O)N(C)C)c2)no1. The highest BCUT2D eigenvalue weighted by atomic mass is 16.5. The van der Waals surface area contributed by atoms with Gasteiger partial charge in [-0.2, -0.15) is 0 Å². The Hall–Kier alpha value is -2.83. The first kappa shape index (κ1) is 14.6. The number of benzene rings is 1. The van der Waals surface area contributed by atoms with Gasteiger partial charge < -0.3 is 14.7 Å². The lowest BCUT2D eigenvalue weighted by atomic mass is 10.2. The molecule has 2 rings (SSSR count). The number of hydrogen-bond acceptors (Lipinski definition) is 4. The van der Waals surface area contributed by atoms with Crippen LogP contribution in [-0.4, -0.2) is 36.1 Å². The minimum atomic E-state index is -0.460. The van der Waals surface area contributed by atoms with Gasteiger partial charge >= 0.3 is 6.03 Å². The van der Waals surface area contributed by atoms with Crippen LogP contribution in [0.4, 0.5) is 16.3 Å². The van der Waals surface area contributed by atoms with E-state index in [9.17, 15) is 9.59 Å². The third kappa shape index (κ3) is 3.82. The molecule has 0 bridgehead atoms. The highest BCUT2D eigenvalue weighted by Gasteiger charge is 2.10. The molecular formula is C14H16N4O3. The molecule has 110 valence electrons. The average molecular weight is 288 g/mol. The fraction of sp³-hybridized carbons (Fsp3) is 0.214. The number of anilines is 2. The van der Waals surface area contributed by atoms with Crippen LogP contribution in [0.25, 0.3) is 0 Å². The molecule has 0 aliphatic rings. The molecule has 0 aliphatic carbocycles. The summed E-state index contributed by atoms with van der Waals surface area (Å²) in [6, 6.07) is 7.83. The fourth-order valence-electron chi connectivity index (χ4n) is 1.69. The molecule has 21 heavy (non-hydrogen) atoms. The Morgan fingerprint density at radius 1 is 1.19 bits per heavy atom. The number of aryl methyl sites for hydroxylation is 1. The second-order valence-corrected chi connectivity index (χ2v) is 4.68. The molecular weight excluding hydrogens is 272 g/mol. The molecule has 0 fully saturated rings. The lowest BCUT2D eigenvalue weighted by Crippen LogP contribution is -2.22. The van der Waals surface area contributed by atoms with Gasteiger partial charge in [0.1, 0.15) is 5.76 Å². The van der Waals surface area contributed by atoms with Gasteiger partial charge in [-0.3, -0.25) is 10.1 Å². The highest BCUT2D eigenvalue weighted by molar-refractivity contribution is 6.00. The molecule has 3 amide bonds. The minimum absolute atomic E-state index is 0.133. The predicted molar refractivity (Wildman–Crippen MR) is 78.3 cm³/mol. The van der Waals surface area contributed by atoms with Crippen LogP contribution in [0.15, 0.2) is 34.9 Å². The van der Waals surface area contributed by atoms with Crippen LogP contribution in [0.2, 0.25) is 0 Å². The van der Waals surface area contributed by atoms with Crippen molar-refractivity contribution in [2.75, 3.05) is 24.7 Å². The van der Waals surface area contributed by atoms with Gasteiger partial charge in [0.05, 0.1) is 0 Å². The average Bonchev–Trinajstić information content (AvgIpc) is 2.83. The third-order valence-corrected chi connectivity index (χ3v) is 2.64. The molecule has 7 nitrogen and oxygen atoms in total. The van der Waals surface area contributed by atoms with Gasteiger partial charge in [-0.05, 0) is 25.1 Å². The molecule has 0 unspecified atom stereocenters. The lowest BCUT2D eigenvalue weighted by Gasteiger charge is -2.11. The van der Waals surface area contributed by atoms with Crippen LogP contribution in [-0.2, 0) is 0 Å². The van der Waals surface area contributed by atoms with Crippen molar-refractivity contribution in [3.05, 3.63) is 41.7 Å². The van der Waals surface area contributed by atoms with Gasteiger partial charge in [0, 0.05) is 31.4 Å². The van der Waals surface area contributed by atoms with Crippen LogP contribution in [0.1, 0.15) is 16.1 Å². The van der Waals surface area contributed by atoms with Crippen molar-refractivity contribution >= 4 is 23.4 Å². The third-order valence-electron chi connectivity index (χ3n) is 2.64. The van der Waals surface area contributed by atoms with E-state index >= 15 is 0 Å². The molecule has 0 saturated carbocycles. The van der Waals surface area contributed by atoms with Gasteiger partial charge in [0.25, 0.3) is 5.91 Å². The van der Waals surface area contributed by atoms with Crippen molar-refractivity contribution in [1.29, 1.82) is 0 Å². The number of rotatable bonds is 3. The Balaban J connectivity index is 2.04. The summed E-state index contributed by atoms with van der Waals surface area (Å²) in [6.07, 6.45) is 0. The van der Waals surface area contributed by atoms with E-state index in [-0.39, 0.29) is 5.91 Å². The molecule has 7 heteroatoms. The summed E-state index contributed by atoms with van der Waals surface area (Å²) in [6.45, 7) is 1.73. The largest absolute Gasteiger partial charge is 0.360 e. The van der Waals surface area contributed by atoms with Crippen molar-refractivity contribution in [3.8, 4) is 0 Å². The van der Waals surface area contributed by atoms with Crippen molar-refractivity contribution in [3.63, 3.8) is 0 Å². The quantitative estimate of drug-likeness (QED) is 0.907. The van der Waals surface area contributed by atoms with Crippen LogP contribution in [0, 0.1) is 6.92 Å². The Morgan fingerprint density at radius 3 is 2.57 bits per heavy atom. The van der Waals surface area contributed by atoms with Crippen molar-refractivity contribution in [1.82, 2.24) is 10.1 Å². The van der Waals surface area contributed by atoms with E-state index in [0.717, 1.165) is 0 Å². The number of urea groups is 1. The van der Waals surface area contributed by atoms with Gasteiger partial charge in [0.15, 0.2) is 5.82 Å². The van der Waals surface area contributed by atoms with Gasteiger partial charge in [-0.25, -0.2) is 4.79 Å². The van der Waals surface area contributed by atoms with Gasteiger partial charge in [0.2, 0.25) is 0 Å². The molecule has 0 spiro atoms. The molecule has 0 saturated heterocycles. The molecule has 0 atom stereocenters. The van der Waals surface area contributed by atoms with Gasteiger partial charge in [-0.1, -0.05) is 11.2 Å². The topological polar surface area (TPSA) is 87.5 Å². The monoisotopic (exact) mass is 288 g/mol. The maximum absolute atomic E-state index is 11.9. The minimum Gasteiger partial charge on any atom is -0.360 e. The Bertz CT molecular complexity index is 664. The van der Waals surface area contributed by atoms with E-state index in [4.69, 9.17) is 4.52 Å². The van der Waals surface area contributed by atoms with E-state index in [2.05, 4.69) is 15.8 Å². The summed E-state index contributed by atoms with van der Waals surface area (Å²) in [4.78, 5) is 25.1. The van der Waals surface area contributed by atoms with Crippen LogP contribution in [0.3, 0.4) is 0 Å². The summed E-state index contributed by atoms with van der Waals surface area (Å²) in [5, 5.41) is 8.82. The zero-order valence-electron chi connectivity index (χ0n) is 12.0. The Morgan fingerprint density at radius 2 is 1.95 bits per heavy atom. The molecule has 0 aliphatic heterocycles. The molecule has 0 radical (unpaired) electrons. The van der Waals surface area contributed by atoms with Crippen LogP contribution in [0.5, 0.6) is 0 Å². The number of carbonyl (C=O) groups is 2. The Kier molecular flexibility index (Phi) is 4.22. The second-order valence-electron chi connectivity index (χ2n) is 4.68. The number of amides is 3. The maximum Gasteiger partial charge on any atom is 0.324 e. The number of aromatic nitrogens is 1. The lowest BCUT2D eigenvalue weighted by molar-refractivity contribution is 0.0827. The zero-order valence-corrected chi connectivity index (χ0v) is 12.0. The molecule has 2 N–H and O–H groups in total.